The first-order chi connectivity index (χ1) is 7.76. The van der Waals surface area contributed by atoms with Crippen LogP contribution in [-0.4, -0.2) is 32.1 Å². The van der Waals surface area contributed by atoms with Crippen LogP contribution in [0.1, 0.15) is 25.3 Å². The van der Waals surface area contributed by atoms with Gasteiger partial charge in [0.15, 0.2) is 0 Å². The lowest BCUT2D eigenvalue weighted by Crippen LogP contribution is -2.22. The van der Waals surface area contributed by atoms with Gasteiger partial charge in [0.25, 0.3) is 0 Å². The zero-order chi connectivity index (χ0) is 11.8. The van der Waals surface area contributed by atoms with Crippen LogP contribution in [0, 0.1) is 0 Å². The molecule has 0 saturated carbocycles. The number of likely N-dealkylation sites (N-methyl/N-ethyl adjacent to an activating group) is 1. The van der Waals surface area contributed by atoms with Gasteiger partial charge in [0.2, 0.25) is 0 Å². The average Bonchev–Trinajstić information content (AvgIpc) is 2.34. The van der Waals surface area contributed by atoms with Crippen molar-refractivity contribution in [1.82, 2.24) is 4.90 Å². The highest BCUT2D eigenvalue weighted by atomic mass is 16.5. The van der Waals surface area contributed by atoms with Crippen LogP contribution in [0.3, 0.4) is 0 Å². The fourth-order valence-corrected chi connectivity index (χ4v) is 1.65. The van der Waals surface area contributed by atoms with Crippen molar-refractivity contribution < 1.29 is 4.74 Å². The number of ether oxygens (including phenoxy) is 1. The number of nitrogens with zero attached hydrogens (tertiary/aromatic N) is 1. The van der Waals surface area contributed by atoms with Crippen molar-refractivity contribution in [3.05, 3.63) is 29.8 Å². The van der Waals surface area contributed by atoms with Gasteiger partial charge in [-0.1, -0.05) is 25.5 Å². The molecule has 90 valence electrons. The predicted octanol–water partition coefficient (Wildman–Crippen LogP) is 2.97. The normalized spacial score (nSPS) is 10.8. The molecule has 0 aliphatic carbocycles. The van der Waals surface area contributed by atoms with Crippen LogP contribution in [0.15, 0.2) is 24.3 Å². The number of hydrogen-bond acceptors (Lipinski definition) is 2. The quantitative estimate of drug-likeness (QED) is 0.702. The van der Waals surface area contributed by atoms with Crippen LogP contribution in [0.4, 0.5) is 0 Å². The van der Waals surface area contributed by atoms with E-state index in [2.05, 4.69) is 31.0 Å². The molecular formula is C14H23NO. The van der Waals surface area contributed by atoms with Crippen molar-refractivity contribution in [3.8, 4) is 5.75 Å². The average molecular weight is 221 g/mol. The van der Waals surface area contributed by atoms with Crippen molar-refractivity contribution in [2.75, 3.05) is 27.2 Å². The lowest BCUT2D eigenvalue weighted by Gasteiger charge is -2.15. The van der Waals surface area contributed by atoms with Crippen molar-refractivity contribution in [1.29, 1.82) is 0 Å². The maximum Gasteiger partial charge on any atom is 0.118 e. The SMILES string of the molecule is CCCCN(C)CCc1ccc(OC)cc1. The molecule has 0 aliphatic heterocycles. The summed E-state index contributed by atoms with van der Waals surface area (Å²) in [7, 11) is 3.90. The Hall–Kier alpha value is -1.02. The zero-order valence-corrected chi connectivity index (χ0v) is 10.7. The predicted molar refractivity (Wildman–Crippen MR) is 69.1 cm³/mol. The lowest BCUT2D eigenvalue weighted by molar-refractivity contribution is 0.332. The summed E-state index contributed by atoms with van der Waals surface area (Å²) in [6.45, 7) is 4.57. The van der Waals surface area contributed by atoms with Crippen molar-refractivity contribution in [3.63, 3.8) is 0 Å². The Morgan fingerprint density at radius 3 is 2.38 bits per heavy atom. The molecule has 2 heteroatoms. The van der Waals surface area contributed by atoms with Crippen LogP contribution >= 0.6 is 0 Å². The molecule has 0 radical (unpaired) electrons. The van der Waals surface area contributed by atoms with Gasteiger partial charge in [-0.25, -0.2) is 0 Å². The molecule has 0 amide bonds. The third kappa shape index (κ3) is 4.67. The van der Waals surface area contributed by atoms with Gasteiger partial charge in [0.05, 0.1) is 7.11 Å². The number of methoxy groups -OCH3 is 1. The van der Waals surface area contributed by atoms with Crippen LogP contribution in [0.25, 0.3) is 0 Å². The molecular weight excluding hydrogens is 198 g/mol. The Morgan fingerprint density at radius 2 is 1.81 bits per heavy atom. The Balaban J connectivity index is 2.30. The summed E-state index contributed by atoms with van der Waals surface area (Å²) < 4.78 is 5.14. The van der Waals surface area contributed by atoms with E-state index >= 15 is 0 Å². The van der Waals surface area contributed by atoms with Gasteiger partial charge in [-0.2, -0.15) is 0 Å². The second-order valence-electron chi connectivity index (χ2n) is 4.25. The molecule has 0 fully saturated rings. The third-order valence-electron chi connectivity index (χ3n) is 2.83. The van der Waals surface area contributed by atoms with Crippen LogP contribution in [0.5, 0.6) is 5.75 Å². The molecule has 1 rings (SSSR count). The van der Waals surface area contributed by atoms with E-state index in [0.29, 0.717) is 0 Å². The molecule has 0 saturated heterocycles. The standard InChI is InChI=1S/C14H23NO/c1-4-5-11-15(2)12-10-13-6-8-14(16-3)9-7-13/h6-9H,4-5,10-12H2,1-3H3. The van der Waals surface area contributed by atoms with Gasteiger partial charge in [0, 0.05) is 6.54 Å². The number of rotatable bonds is 7. The molecule has 0 bridgehead atoms. The fraction of sp³-hybridized carbons (Fsp3) is 0.571. The number of unbranched alkanes of at least 4 members (excludes halogenated alkanes) is 1. The molecule has 0 aliphatic rings. The van der Waals surface area contributed by atoms with Gasteiger partial charge < -0.3 is 9.64 Å². The molecule has 0 unspecified atom stereocenters. The van der Waals surface area contributed by atoms with Crippen molar-refractivity contribution in [2.45, 2.75) is 26.2 Å². The van der Waals surface area contributed by atoms with Crippen molar-refractivity contribution >= 4 is 0 Å². The van der Waals surface area contributed by atoms with Crippen molar-refractivity contribution in [2.24, 2.45) is 0 Å². The topological polar surface area (TPSA) is 12.5 Å². The van der Waals surface area contributed by atoms with E-state index in [1.54, 1.807) is 7.11 Å². The van der Waals surface area contributed by atoms with E-state index in [4.69, 9.17) is 4.74 Å². The minimum Gasteiger partial charge on any atom is -0.497 e. The maximum atomic E-state index is 5.14. The second kappa shape index (κ2) is 7.29. The van der Waals surface area contributed by atoms with E-state index in [0.717, 1.165) is 18.7 Å². The molecule has 0 aromatic heterocycles. The summed E-state index contributed by atoms with van der Waals surface area (Å²) in [4.78, 5) is 2.40. The maximum absolute atomic E-state index is 5.14. The first kappa shape index (κ1) is 13.0. The largest absolute Gasteiger partial charge is 0.497 e. The minimum atomic E-state index is 0.933. The molecule has 1 aromatic rings. The molecule has 16 heavy (non-hydrogen) atoms. The smallest absolute Gasteiger partial charge is 0.118 e. The Morgan fingerprint density at radius 1 is 1.12 bits per heavy atom. The molecule has 1 aromatic carbocycles. The highest BCUT2D eigenvalue weighted by molar-refractivity contribution is 5.27. The Labute approximate surface area is 99.2 Å². The van der Waals surface area contributed by atoms with Crippen LogP contribution in [0.2, 0.25) is 0 Å². The van der Waals surface area contributed by atoms with E-state index < -0.39 is 0 Å². The van der Waals surface area contributed by atoms with Gasteiger partial charge in [-0.15, -0.1) is 0 Å². The lowest BCUT2D eigenvalue weighted by atomic mass is 10.1. The summed E-state index contributed by atoms with van der Waals surface area (Å²) in [6.07, 6.45) is 3.68. The molecule has 0 N–H and O–H groups in total. The first-order valence-electron chi connectivity index (χ1n) is 6.07. The highest BCUT2D eigenvalue weighted by Gasteiger charge is 1.99. The number of hydrogen-bond donors (Lipinski definition) is 0. The zero-order valence-electron chi connectivity index (χ0n) is 10.7. The van der Waals surface area contributed by atoms with E-state index in [1.807, 2.05) is 12.1 Å². The van der Waals surface area contributed by atoms with Gasteiger partial charge >= 0.3 is 0 Å². The first-order valence-corrected chi connectivity index (χ1v) is 6.07. The van der Waals surface area contributed by atoms with E-state index in [9.17, 15) is 0 Å². The minimum absolute atomic E-state index is 0.933. The summed E-state index contributed by atoms with van der Waals surface area (Å²) in [5.41, 5.74) is 1.38. The van der Waals surface area contributed by atoms with Crippen LogP contribution < -0.4 is 4.74 Å². The Kier molecular flexibility index (Phi) is 5.94. The highest BCUT2D eigenvalue weighted by Crippen LogP contribution is 2.11. The third-order valence-corrected chi connectivity index (χ3v) is 2.83. The summed E-state index contributed by atoms with van der Waals surface area (Å²) in [6, 6.07) is 8.35. The van der Waals surface area contributed by atoms with Gasteiger partial charge in [0.1, 0.15) is 5.75 Å². The molecule has 0 atom stereocenters. The van der Waals surface area contributed by atoms with E-state index in [1.165, 1.54) is 24.9 Å². The summed E-state index contributed by atoms with van der Waals surface area (Å²) in [5, 5.41) is 0. The van der Waals surface area contributed by atoms with Gasteiger partial charge in [-0.3, -0.25) is 0 Å². The molecule has 0 heterocycles. The fourth-order valence-electron chi connectivity index (χ4n) is 1.65. The monoisotopic (exact) mass is 221 g/mol. The summed E-state index contributed by atoms with van der Waals surface area (Å²) >= 11 is 0. The molecule has 0 spiro atoms. The Bertz CT molecular complexity index is 281. The van der Waals surface area contributed by atoms with E-state index in [-0.39, 0.29) is 0 Å². The summed E-state index contributed by atoms with van der Waals surface area (Å²) in [5.74, 6) is 0.933. The molecule has 2 nitrogen and oxygen atoms in total. The second-order valence-corrected chi connectivity index (χ2v) is 4.25. The number of benzene rings is 1. The van der Waals surface area contributed by atoms with Crippen LogP contribution in [-0.2, 0) is 6.42 Å². The van der Waals surface area contributed by atoms with Gasteiger partial charge in [-0.05, 0) is 44.1 Å².